The van der Waals surface area contributed by atoms with Gasteiger partial charge in [-0.05, 0) is 48.6 Å². The summed E-state index contributed by atoms with van der Waals surface area (Å²) in [6.45, 7) is 4.92. The van der Waals surface area contributed by atoms with Crippen LogP contribution in [0.5, 0.6) is 5.75 Å². The summed E-state index contributed by atoms with van der Waals surface area (Å²) < 4.78 is 5.73. The van der Waals surface area contributed by atoms with Crippen molar-refractivity contribution in [2.24, 2.45) is 0 Å². The normalized spacial score (nSPS) is 21.8. The highest BCUT2D eigenvalue weighted by Crippen LogP contribution is 2.46. The fourth-order valence-electron chi connectivity index (χ4n) is 4.82. The van der Waals surface area contributed by atoms with Crippen LogP contribution in [0.1, 0.15) is 42.5 Å². The van der Waals surface area contributed by atoms with E-state index in [1.54, 1.807) is 0 Å². The molecular formula is C22H24N2O2. The number of carbonyl (C=O) groups is 1. The summed E-state index contributed by atoms with van der Waals surface area (Å²) in [4.78, 5) is 15.2. The maximum Gasteiger partial charge on any atom is 0.235 e. The third kappa shape index (κ3) is 2.28. The SMILES string of the molecule is CC(c1ccc2c(c1)OCC2)N1CCC2(CC1)C(=O)Nc1ccccc12. The number of carbonyl (C=O) groups excluding carboxylic acids is 1. The second kappa shape index (κ2) is 5.85. The number of rotatable bonds is 2. The van der Waals surface area contributed by atoms with Crippen molar-refractivity contribution in [2.45, 2.75) is 37.6 Å². The molecule has 1 fully saturated rings. The number of hydrogen-bond acceptors (Lipinski definition) is 3. The first-order chi connectivity index (χ1) is 12.7. The molecule has 0 radical (unpaired) electrons. The van der Waals surface area contributed by atoms with E-state index in [1.807, 2.05) is 18.2 Å². The fraction of sp³-hybridized carbons (Fsp3) is 0.409. The van der Waals surface area contributed by atoms with Crippen molar-refractivity contribution in [1.29, 1.82) is 0 Å². The molecule has 4 nitrogen and oxygen atoms in total. The summed E-state index contributed by atoms with van der Waals surface area (Å²) >= 11 is 0. The predicted molar refractivity (Wildman–Crippen MR) is 102 cm³/mol. The van der Waals surface area contributed by atoms with Gasteiger partial charge in [0, 0.05) is 31.2 Å². The zero-order chi connectivity index (χ0) is 17.7. The van der Waals surface area contributed by atoms with E-state index in [-0.39, 0.29) is 11.3 Å². The number of hydrogen-bond donors (Lipinski definition) is 1. The summed E-state index contributed by atoms with van der Waals surface area (Å²) in [6, 6.07) is 15.1. The van der Waals surface area contributed by atoms with Crippen LogP contribution in [0.15, 0.2) is 42.5 Å². The first-order valence-corrected chi connectivity index (χ1v) is 9.58. The Balaban J connectivity index is 1.35. The number of likely N-dealkylation sites (tertiary alicyclic amines) is 1. The highest BCUT2D eigenvalue weighted by Gasteiger charge is 2.48. The second-order valence-electron chi connectivity index (χ2n) is 7.76. The highest BCUT2D eigenvalue weighted by molar-refractivity contribution is 6.06. The Morgan fingerprint density at radius 1 is 1.15 bits per heavy atom. The molecule has 1 spiro atoms. The van der Waals surface area contributed by atoms with E-state index in [0.717, 1.165) is 50.4 Å². The van der Waals surface area contributed by atoms with Gasteiger partial charge in [-0.3, -0.25) is 9.69 Å². The first-order valence-electron chi connectivity index (χ1n) is 9.58. The van der Waals surface area contributed by atoms with Crippen LogP contribution in [0, 0.1) is 0 Å². The van der Waals surface area contributed by atoms with Crippen molar-refractivity contribution < 1.29 is 9.53 Å². The molecule has 3 aliphatic rings. The molecule has 2 aromatic carbocycles. The molecule has 1 unspecified atom stereocenters. The van der Waals surface area contributed by atoms with Gasteiger partial charge in [-0.1, -0.05) is 30.3 Å². The largest absolute Gasteiger partial charge is 0.493 e. The lowest BCUT2D eigenvalue weighted by Gasteiger charge is -2.40. The number of fused-ring (bicyclic) bond motifs is 3. The summed E-state index contributed by atoms with van der Waals surface area (Å²) in [5.41, 5.74) is 4.46. The molecule has 0 aromatic heterocycles. The quantitative estimate of drug-likeness (QED) is 0.900. The van der Waals surface area contributed by atoms with Gasteiger partial charge < -0.3 is 10.1 Å². The first kappa shape index (κ1) is 15.9. The van der Waals surface area contributed by atoms with E-state index < -0.39 is 0 Å². The molecule has 26 heavy (non-hydrogen) atoms. The fourth-order valence-corrected chi connectivity index (χ4v) is 4.82. The van der Waals surface area contributed by atoms with Crippen molar-refractivity contribution in [2.75, 3.05) is 25.0 Å². The molecule has 0 bridgehead atoms. The van der Waals surface area contributed by atoms with Crippen molar-refractivity contribution in [3.63, 3.8) is 0 Å². The number of ether oxygens (including phenoxy) is 1. The van der Waals surface area contributed by atoms with Gasteiger partial charge in [-0.15, -0.1) is 0 Å². The lowest BCUT2D eigenvalue weighted by atomic mass is 9.73. The molecule has 0 aliphatic carbocycles. The van der Waals surface area contributed by atoms with Crippen LogP contribution in [0.25, 0.3) is 0 Å². The Hall–Kier alpha value is -2.33. The number of amides is 1. The lowest BCUT2D eigenvalue weighted by Crippen LogP contribution is -2.47. The number of anilines is 1. The number of nitrogens with zero attached hydrogens (tertiary/aromatic N) is 1. The van der Waals surface area contributed by atoms with E-state index in [0.29, 0.717) is 6.04 Å². The van der Waals surface area contributed by atoms with Crippen molar-refractivity contribution >= 4 is 11.6 Å². The number of nitrogens with one attached hydrogen (secondary N) is 1. The van der Waals surface area contributed by atoms with E-state index >= 15 is 0 Å². The van der Waals surface area contributed by atoms with Crippen LogP contribution in [-0.2, 0) is 16.6 Å². The maximum atomic E-state index is 12.7. The van der Waals surface area contributed by atoms with Crippen LogP contribution in [0.2, 0.25) is 0 Å². The second-order valence-corrected chi connectivity index (χ2v) is 7.76. The van der Waals surface area contributed by atoms with Crippen molar-refractivity contribution in [3.05, 3.63) is 59.2 Å². The van der Waals surface area contributed by atoms with Gasteiger partial charge in [-0.25, -0.2) is 0 Å². The molecule has 3 aliphatic heterocycles. The average Bonchev–Trinajstić information content (AvgIpc) is 3.25. The van der Waals surface area contributed by atoms with Crippen LogP contribution in [0.4, 0.5) is 5.69 Å². The van der Waals surface area contributed by atoms with Gasteiger partial charge in [-0.2, -0.15) is 0 Å². The molecular weight excluding hydrogens is 324 g/mol. The monoisotopic (exact) mass is 348 g/mol. The molecule has 5 rings (SSSR count). The molecule has 2 aromatic rings. The van der Waals surface area contributed by atoms with Gasteiger partial charge in [0.2, 0.25) is 5.91 Å². The van der Waals surface area contributed by atoms with Crippen LogP contribution in [0.3, 0.4) is 0 Å². The van der Waals surface area contributed by atoms with Gasteiger partial charge in [0.05, 0.1) is 12.0 Å². The van der Waals surface area contributed by atoms with Crippen LogP contribution < -0.4 is 10.1 Å². The topological polar surface area (TPSA) is 41.6 Å². The van der Waals surface area contributed by atoms with Gasteiger partial charge >= 0.3 is 0 Å². The lowest BCUT2D eigenvalue weighted by molar-refractivity contribution is -0.122. The molecule has 0 saturated carbocycles. The zero-order valence-electron chi connectivity index (χ0n) is 15.1. The summed E-state index contributed by atoms with van der Waals surface area (Å²) in [5, 5.41) is 3.09. The molecule has 1 N–H and O–H groups in total. The Bertz CT molecular complexity index is 868. The Morgan fingerprint density at radius 2 is 1.96 bits per heavy atom. The average molecular weight is 348 g/mol. The summed E-state index contributed by atoms with van der Waals surface area (Å²) in [7, 11) is 0. The minimum atomic E-state index is -0.339. The predicted octanol–water partition coefficient (Wildman–Crippen LogP) is 3.67. The molecule has 1 saturated heterocycles. The van der Waals surface area contributed by atoms with Crippen molar-refractivity contribution in [1.82, 2.24) is 4.90 Å². The number of piperidine rings is 1. The van der Waals surface area contributed by atoms with Crippen molar-refractivity contribution in [3.8, 4) is 5.75 Å². The number of para-hydroxylation sites is 1. The van der Waals surface area contributed by atoms with Gasteiger partial charge in [0.1, 0.15) is 5.75 Å². The van der Waals surface area contributed by atoms with E-state index in [2.05, 4.69) is 41.4 Å². The van der Waals surface area contributed by atoms with Gasteiger partial charge in [0.15, 0.2) is 0 Å². The minimum absolute atomic E-state index is 0.178. The van der Waals surface area contributed by atoms with Crippen LogP contribution in [-0.4, -0.2) is 30.5 Å². The molecule has 4 heteroatoms. The minimum Gasteiger partial charge on any atom is -0.493 e. The third-order valence-corrected chi connectivity index (χ3v) is 6.53. The summed E-state index contributed by atoms with van der Waals surface area (Å²) in [6.07, 6.45) is 2.77. The zero-order valence-corrected chi connectivity index (χ0v) is 15.1. The maximum absolute atomic E-state index is 12.7. The Morgan fingerprint density at radius 3 is 2.81 bits per heavy atom. The highest BCUT2D eigenvalue weighted by atomic mass is 16.5. The van der Waals surface area contributed by atoms with Gasteiger partial charge in [0.25, 0.3) is 0 Å². The van der Waals surface area contributed by atoms with E-state index in [1.165, 1.54) is 16.7 Å². The van der Waals surface area contributed by atoms with Crippen LogP contribution >= 0.6 is 0 Å². The Labute approximate surface area is 154 Å². The molecule has 1 amide bonds. The Kier molecular flexibility index (Phi) is 3.57. The van der Waals surface area contributed by atoms with E-state index in [9.17, 15) is 4.79 Å². The number of benzene rings is 2. The molecule has 1 atom stereocenters. The van der Waals surface area contributed by atoms with E-state index in [4.69, 9.17) is 4.74 Å². The standard InChI is InChI=1S/C22H24N2O2/c1-15(17-7-6-16-8-13-26-20(16)14-17)24-11-9-22(10-12-24)18-4-2-3-5-19(18)23-21(22)25/h2-7,14-15H,8-13H2,1H3,(H,23,25). The smallest absolute Gasteiger partial charge is 0.235 e. The molecule has 134 valence electrons. The third-order valence-electron chi connectivity index (χ3n) is 6.53. The molecule has 3 heterocycles. The summed E-state index contributed by atoms with van der Waals surface area (Å²) in [5.74, 6) is 1.23.